The second kappa shape index (κ2) is 10.1. The van der Waals surface area contributed by atoms with Crippen LogP contribution in [0.3, 0.4) is 0 Å². The summed E-state index contributed by atoms with van der Waals surface area (Å²) in [6.07, 6.45) is 1.68. The van der Waals surface area contributed by atoms with Gasteiger partial charge in [0.15, 0.2) is 0 Å². The largest absolute Gasteiger partial charge is 0.760 e. The molecule has 0 radical (unpaired) electrons. The van der Waals surface area contributed by atoms with E-state index in [1.54, 1.807) is 12.3 Å². The van der Waals surface area contributed by atoms with Crippen molar-refractivity contribution in [3.05, 3.63) is 31.3 Å². The number of hydrogen-bond acceptors (Lipinski definition) is 3. The van der Waals surface area contributed by atoms with E-state index in [2.05, 4.69) is 17.2 Å². The number of pyridine rings is 1. The summed E-state index contributed by atoms with van der Waals surface area (Å²) in [6, 6.07) is 5.50. The van der Waals surface area contributed by atoms with Gasteiger partial charge in [0.05, 0.1) is 5.91 Å². The third-order valence-corrected chi connectivity index (χ3v) is 1.16. The zero-order valence-electron chi connectivity index (χ0n) is 7.19. The predicted octanol–water partition coefficient (Wildman–Crippen LogP) is 0.554. The number of carbonyl (C=O) groups excluding carboxylic acids is 1. The van der Waals surface area contributed by atoms with E-state index in [4.69, 9.17) is 12.6 Å². The Balaban J connectivity index is 0. The first-order valence-electron chi connectivity index (χ1n) is 3.28. The Kier molecular flexibility index (Phi) is 12.1. The smallest absolute Gasteiger partial charge is 0.0794 e. The van der Waals surface area contributed by atoms with Crippen LogP contribution in [0.2, 0.25) is 0 Å². The first kappa shape index (κ1) is 15.5. The molecule has 0 bridgehead atoms. The molecule has 0 aliphatic rings. The van der Waals surface area contributed by atoms with Crippen LogP contribution < -0.4 is 5.32 Å². The molecule has 0 aromatic carbocycles. The summed E-state index contributed by atoms with van der Waals surface area (Å²) >= 11 is 4.70. The van der Waals surface area contributed by atoms with Crippen molar-refractivity contribution in [3.8, 4) is 0 Å². The van der Waals surface area contributed by atoms with E-state index in [1.807, 2.05) is 12.1 Å². The van der Waals surface area contributed by atoms with Crippen LogP contribution in [-0.4, -0.2) is 17.9 Å². The van der Waals surface area contributed by atoms with Crippen LogP contribution in [0, 0.1) is 47.3 Å². The van der Waals surface area contributed by atoms with E-state index in [9.17, 15) is 4.79 Å². The molecule has 1 heterocycles. The van der Waals surface area contributed by atoms with Crippen LogP contribution in [0.4, 0.5) is 0 Å². The Morgan fingerprint density at radius 2 is 2.15 bits per heavy atom. The van der Waals surface area contributed by atoms with Crippen LogP contribution in [0.1, 0.15) is 0 Å². The predicted molar refractivity (Wildman–Crippen MR) is 49.3 cm³/mol. The van der Waals surface area contributed by atoms with Crippen LogP contribution in [0.5, 0.6) is 0 Å². The molecule has 1 aromatic rings. The summed E-state index contributed by atoms with van der Waals surface area (Å²) in [6.45, 7) is 3.01. The van der Waals surface area contributed by atoms with Crippen molar-refractivity contribution >= 4 is 18.5 Å². The normalized spacial score (nSPS) is 7.15. The minimum Gasteiger partial charge on any atom is -0.760 e. The van der Waals surface area contributed by atoms with Gasteiger partial charge in [-0.25, -0.2) is 0 Å². The maximum absolute atomic E-state index is 9.59. The molecule has 0 saturated carbocycles. The monoisotopic (exact) mass is 334 g/mol. The topological polar surface area (TPSA) is 42.0 Å². The molecule has 0 spiro atoms. The van der Waals surface area contributed by atoms with Crippen molar-refractivity contribution in [2.75, 3.05) is 7.05 Å². The van der Waals surface area contributed by atoms with Gasteiger partial charge in [-0.3, -0.25) is 4.98 Å². The fourth-order valence-corrected chi connectivity index (χ4v) is 0.487. The number of nitrogens with zero attached hydrogens (tertiary/aromatic N) is 1. The number of amides is 1. The van der Waals surface area contributed by atoms with E-state index in [0.717, 1.165) is 0 Å². The van der Waals surface area contributed by atoms with Crippen molar-refractivity contribution in [2.24, 2.45) is 0 Å². The molecule has 1 N–H and O–H groups in total. The molecule has 1 rings (SSSR count). The van der Waals surface area contributed by atoms with Crippen molar-refractivity contribution in [2.45, 2.75) is 5.03 Å². The van der Waals surface area contributed by atoms with Gasteiger partial charge in [0.1, 0.15) is 0 Å². The van der Waals surface area contributed by atoms with Crippen LogP contribution in [0.25, 0.3) is 0 Å². The van der Waals surface area contributed by atoms with Gasteiger partial charge < -0.3 is 29.7 Å². The number of hydrogen-bond donors (Lipinski definition) is 1. The van der Waals surface area contributed by atoms with Gasteiger partial charge in [0.2, 0.25) is 0 Å². The third-order valence-electron chi connectivity index (χ3n) is 0.917. The molecule has 0 aliphatic heterocycles. The number of aromatic nitrogens is 1. The van der Waals surface area contributed by atoms with Crippen LogP contribution >= 0.6 is 0 Å². The quantitative estimate of drug-likeness (QED) is 0.557. The maximum Gasteiger partial charge on any atom is 0.0794 e. The van der Waals surface area contributed by atoms with Crippen LogP contribution in [0.15, 0.2) is 29.4 Å². The summed E-state index contributed by atoms with van der Waals surface area (Å²) in [4.78, 5) is 13.4. The third kappa shape index (κ3) is 12.0. The first-order chi connectivity index (χ1) is 5.66. The Labute approximate surface area is 116 Å². The average molecular weight is 333 g/mol. The molecule has 0 atom stereocenters. The summed E-state index contributed by atoms with van der Waals surface area (Å²) in [5.41, 5.74) is 0. The molecule has 5 heteroatoms. The molecular weight excluding hydrogens is 323 g/mol. The second-order valence-corrected chi connectivity index (χ2v) is 2.26. The first-order valence-corrected chi connectivity index (χ1v) is 3.69. The summed E-state index contributed by atoms with van der Waals surface area (Å²) < 4.78 is 0. The Hall–Kier alpha value is 0.0477. The van der Waals surface area contributed by atoms with Gasteiger partial charge in [-0.2, -0.15) is 0 Å². The fourth-order valence-electron chi connectivity index (χ4n) is 0.347. The van der Waals surface area contributed by atoms with Gasteiger partial charge in [-0.1, -0.05) is 17.2 Å². The Morgan fingerprint density at radius 1 is 1.62 bits per heavy atom. The van der Waals surface area contributed by atoms with Gasteiger partial charge in [0, 0.05) is 53.6 Å². The van der Waals surface area contributed by atoms with Gasteiger partial charge in [-0.15, -0.1) is 0 Å². The molecule has 0 aliphatic carbocycles. The Bertz CT molecular complexity index is 231. The van der Waals surface area contributed by atoms with Crippen LogP contribution in [-0.2, 0) is 17.4 Å². The average Bonchev–Trinajstić information content (AvgIpc) is 2.07. The van der Waals surface area contributed by atoms with E-state index in [-0.39, 0.29) is 46.3 Å². The zero-order chi connectivity index (χ0) is 9.40. The standard InChI is InChI=1S/C5H5NS.C3H6NO.Sm/c7-5-3-1-2-4-6-5;1-3(5)4-2;/h1-4H,(H,6,7);1H2,2H3,(H,4,5);/q;-1;/p-1. The molecule has 0 saturated heterocycles. The number of carbonyl (C=O) groups is 1. The van der Waals surface area contributed by atoms with Crippen molar-refractivity contribution < 1.29 is 45.2 Å². The molecule has 13 heavy (non-hydrogen) atoms. The SMILES string of the molecule is [CH2-]C(=O)NC.[S-]c1ccccn1.[Sm]. The molecule has 3 nitrogen and oxygen atoms in total. The summed E-state index contributed by atoms with van der Waals surface area (Å²) in [7, 11) is 1.54. The van der Waals surface area contributed by atoms with Gasteiger partial charge >= 0.3 is 0 Å². The fraction of sp³-hybridized carbons (Fsp3) is 0.125. The summed E-state index contributed by atoms with van der Waals surface area (Å²) in [5, 5.41) is 2.93. The van der Waals surface area contributed by atoms with Crippen molar-refractivity contribution in [1.29, 1.82) is 0 Å². The maximum atomic E-state index is 9.59. The molecule has 0 unspecified atom stereocenters. The van der Waals surface area contributed by atoms with E-state index in [1.165, 1.54) is 7.05 Å². The van der Waals surface area contributed by atoms with E-state index >= 15 is 0 Å². The second-order valence-electron chi connectivity index (χ2n) is 1.84. The molecular formula is C8H10N2OSSm-2. The zero-order valence-corrected chi connectivity index (χ0v) is 10.6. The minimum atomic E-state index is -0.245. The molecule has 1 amide bonds. The molecule has 72 valence electrons. The van der Waals surface area contributed by atoms with E-state index < -0.39 is 0 Å². The summed E-state index contributed by atoms with van der Waals surface area (Å²) in [5.74, 6) is -0.245. The van der Waals surface area contributed by atoms with E-state index in [0.29, 0.717) is 5.03 Å². The number of nitrogens with one attached hydrogen (secondary N) is 1. The minimum absolute atomic E-state index is 0. The van der Waals surface area contributed by atoms with Crippen molar-refractivity contribution in [3.63, 3.8) is 0 Å². The van der Waals surface area contributed by atoms with Gasteiger partial charge in [0.25, 0.3) is 0 Å². The Morgan fingerprint density at radius 3 is 2.31 bits per heavy atom. The molecule has 1 aromatic heterocycles. The van der Waals surface area contributed by atoms with Crippen molar-refractivity contribution in [1.82, 2.24) is 10.3 Å². The van der Waals surface area contributed by atoms with Gasteiger partial charge in [-0.05, 0) is 6.07 Å². The molecule has 0 fully saturated rings. The number of rotatable bonds is 0.